The van der Waals surface area contributed by atoms with Crippen molar-refractivity contribution in [2.45, 2.75) is 50.1 Å². The molecule has 3 unspecified atom stereocenters. The fourth-order valence-corrected chi connectivity index (χ4v) is 3.68. The number of rotatable bonds is 3. The van der Waals surface area contributed by atoms with Crippen LogP contribution in [0, 0.1) is 11.8 Å². The van der Waals surface area contributed by atoms with E-state index in [4.69, 9.17) is 5.73 Å². The maximum Gasteiger partial charge on any atom is 0.191 e. The highest BCUT2D eigenvalue weighted by Gasteiger charge is 2.26. The predicted molar refractivity (Wildman–Crippen MR) is 70.7 cm³/mol. The van der Waals surface area contributed by atoms with Crippen LogP contribution in [0.15, 0.2) is 5.16 Å². The number of hydrogen-bond donors (Lipinski definition) is 1. The van der Waals surface area contributed by atoms with Crippen molar-refractivity contribution in [3.05, 3.63) is 5.82 Å². The van der Waals surface area contributed by atoms with Gasteiger partial charge in [0.25, 0.3) is 0 Å². The largest absolute Gasteiger partial charge is 0.324 e. The van der Waals surface area contributed by atoms with Crippen molar-refractivity contribution in [1.82, 2.24) is 14.8 Å². The van der Waals surface area contributed by atoms with Crippen molar-refractivity contribution in [3.8, 4) is 0 Å². The Balaban J connectivity index is 1.99. The molecule has 1 saturated carbocycles. The Morgan fingerprint density at radius 2 is 2.06 bits per heavy atom. The Morgan fingerprint density at radius 1 is 1.29 bits per heavy atom. The van der Waals surface area contributed by atoms with Crippen molar-refractivity contribution in [2.75, 3.05) is 0 Å². The maximum absolute atomic E-state index is 5.60. The van der Waals surface area contributed by atoms with Gasteiger partial charge < -0.3 is 10.3 Å². The van der Waals surface area contributed by atoms with E-state index in [9.17, 15) is 0 Å². The van der Waals surface area contributed by atoms with Crippen molar-refractivity contribution in [2.24, 2.45) is 24.6 Å². The summed E-state index contributed by atoms with van der Waals surface area (Å²) in [6.07, 6.45) is 3.91. The fourth-order valence-electron chi connectivity index (χ4n) is 2.38. The Bertz CT molecular complexity index is 377. The zero-order chi connectivity index (χ0) is 12.4. The van der Waals surface area contributed by atoms with Gasteiger partial charge in [0.15, 0.2) is 5.16 Å². The summed E-state index contributed by atoms with van der Waals surface area (Å²) >= 11 is 1.87. The van der Waals surface area contributed by atoms with Gasteiger partial charge in [-0.15, -0.1) is 10.2 Å². The molecule has 0 aromatic carbocycles. The Hall–Kier alpha value is -0.550. The molecule has 0 saturated heterocycles. The number of hydrogen-bond acceptors (Lipinski definition) is 4. The second-order valence-corrected chi connectivity index (χ2v) is 6.44. The molecule has 3 atom stereocenters. The van der Waals surface area contributed by atoms with Gasteiger partial charge in [-0.2, -0.15) is 0 Å². The van der Waals surface area contributed by atoms with Crippen LogP contribution < -0.4 is 5.73 Å². The molecule has 0 radical (unpaired) electrons. The van der Waals surface area contributed by atoms with Crippen LogP contribution in [-0.4, -0.2) is 20.0 Å². The molecule has 0 amide bonds. The van der Waals surface area contributed by atoms with Gasteiger partial charge in [0, 0.05) is 12.3 Å². The number of nitrogens with zero attached hydrogens (tertiary/aromatic N) is 3. The summed E-state index contributed by atoms with van der Waals surface area (Å²) in [7, 11) is 2.00. The average molecular weight is 254 g/mol. The minimum atomic E-state index is 0.460. The van der Waals surface area contributed by atoms with Gasteiger partial charge in [-0.3, -0.25) is 0 Å². The highest BCUT2D eigenvalue weighted by molar-refractivity contribution is 7.99. The summed E-state index contributed by atoms with van der Waals surface area (Å²) in [5.74, 6) is 2.55. The molecule has 1 aliphatic carbocycles. The van der Waals surface area contributed by atoms with Gasteiger partial charge in [-0.05, 0) is 31.1 Å². The first-order chi connectivity index (χ1) is 8.11. The van der Waals surface area contributed by atoms with Crippen molar-refractivity contribution < 1.29 is 0 Å². The van der Waals surface area contributed by atoms with E-state index in [1.165, 1.54) is 19.3 Å². The molecule has 2 N–H and O–H groups in total. The highest BCUT2D eigenvalue weighted by atomic mass is 32.2. The lowest BCUT2D eigenvalue weighted by atomic mass is 9.81. The first kappa shape index (κ1) is 12.9. The van der Waals surface area contributed by atoms with Crippen LogP contribution in [-0.2, 0) is 13.6 Å². The van der Waals surface area contributed by atoms with Crippen LogP contribution in [0.25, 0.3) is 0 Å². The van der Waals surface area contributed by atoms with Crippen LogP contribution in [0.3, 0.4) is 0 Å². The quantitative estimate of drug-likeness (QED) is 0.898. The predicted octanol–water partition coefficient (Wildman–Crippen LogP) is 2.19. The Morgan fingerprint density at radius 3 is 2.65 bits per heavy atom. The van der Waals surface area contributed by atoms with Gasteiger partial charge in [-0.25, -0.2) is 0 Å². The smallest absolute Gasteiger partial charge is 0.191 e. The third kappa shape index (κ3) is 2.83. The summed E-state index contributed by atoms with van der Waals surface area (Å²) in [4.78, 5) is 0. The second-order valence-electron chi connectivity index (χ2n) is 5.17. The first-order valence-electron chi connectivity index (χ1n) is 6.36. The van der Waals surface area contributed by atoms with Crippen LogP contribution in [0.2, 0.25) is 0 Å². The van der Waals surface area contributed by atoms with Crippen LogP contribution in [0.4, 0.5) is 0 Å². The molecule has 96 valence electrons. The van der Waals surface area contributed by atoms with Crippen LogP contribution in [0.5, 0.6) is 0 Å². The molecular formula is C12H22N4S. The topological polar surface area (TPSA) is 56.7 Å². The summed E-state index contributed by atoms with van der Waals surface area (Å²) in [5.41, 5.74) is 5.60. The average Bonchev–Trinajstić information content (AvgIpc) is 2.65. The molecule has 0 aliphatic heterocycles. The number of thioether (sulfide) groups is 1. The van der Waals surface area contributed by atoms with Crippen LogP contribution in [0.1, 0.15) is 38.9 Å². The Labute approximate surface area is 107 Å². The normalized spacial score (nSPS) is 29.5. The molecule has 1 aromatic heterocycles. The molecule has 0 spiro atoms. The van der Waals surface area contributed by atoms with Crippen molar-refractivity contribution in [1.29, 1.82) is 0 Å². The number of nitrogens with two attached hydrogens (primary N) is 1. The van der Waals surface area contributed by atoms with Gasteiger partial charge in [-0.1, -0.05) is 25.6 Å². The van der Waals surface area contributed by atoms with E-state index in [2.05, 4.69) is 24.0 Å². The van der Waals surface area contributed by atoms with Gasteiger partial charge in [0.05, 0.1) is 6.54 Å². The zero-order valence-electron chi connectivity index (χ0n) is 10.9. The number of aromatic nitrogens is 3. The van der Waals surface area contributed by atoms with E-state index in [0.717, 1.165) is 22.8 Å². The van der Waals surface area contributed by atoms with Crippen molar-refractivity contribution >= 4 is 11.8 Å². The highest BCUT2D eigenvalue weighted by Crippen LogP contribution is 2.38. The molecule has 17 heavy (non-hydrogen) atoms. The summed E-state index contributed by atoms with van der Waals surface area (Å²) in [5, 5.41) is 10.0. The molecule has 1 fully saturated rings. The molecular weight excluding hydrogens is 232 g/mol. The monoisotopic (exact) mass is 254 g/mol. The SMILES string of the molecule is CC1CCC(Sc2nnc(CN)n2C)CC1C. The molecule has 4 nitrogen and oxygen atoms in total. The van der Waals surface area contributed by atoms with E-state index >= 15 is 0 Å². The van der Waals surface area contributed by atoms with Gasteiger partial charge in [0.2, 0.25) is 0 Å². The summed E-state index contributed by atoms with van der Waals surface area (Å²) in [6, 6.07) is 0. The Kier molecular flexibility index (Phi) is 4.09. The van der Waals surface area contributed by atoms with E-state index in [1.807, 2.05) is 23.4 Å². The molecule has 0 bridgehead atoms. The van der Waals surface area contributed by atoms with E-state index in [-0.39, 0.29) is 0 Å². The van der Waals surface area contributed by atoms with Gasteiger partial charge >= 0.3 is 0 Å². The van der Waals surface area contributed by atoms with Crippen molar-refractivity contribution in [3.63, 3.8) is 0 Å². The van der Waals surface area contributed by atoms with Gasteiger partial charge in [0.1, 0.15) is 5.82 Å². The van der Waals surface area contributed by atoms with E-state index in [0.29, 0.717) is 11.8 Å². The molecule has 1 aliphatic rings. The molecule has 1 aromatic rings. The third-order valence-electron chi connectivity index (χ3n) is 3.93. The lowest BCUT2D eigenvalue weighted by Gasteiger charge is -2.31. The van der Waals surface area contributed by atoms with E-state index < -0.39 is 0 Å². The summed E-state index contributed by atoms with van der Waals surface area (Å²) < 4.78 is 2.02. The molecule has 1 heterocycles. The first-order valence-corrected chi connectivity index (χ1v) is 7.24. The third-order valence-corrected chi connectivity index (χ3v) is 5.26. The van der Waals surface area contributed by atoms with E-state index in [1.54, 1.807) is 0 Å². The lowest BCUT2D eigenvalue weighted by molar-refractivity contribution is 0.283. The maximum atomic E-state index is 5.60. The minimum absolute atomic E-state index is 0.460. The zero-order valence-corrected chi connectivity index (χ0v) is 11.7. The minimum Gasteiger partial charge on any atom is -0.324 e. The fraction of sp³-hybridized carbons (Fsp3) is 0.833. The molecule has 5 heteroatoms. The standard InChI is InChI=1S/C12H22N4S/c1-8-4-5-10(6-9(8)2)17-12-15-14-11(7-13)16(12)3/h8-10H,4-7,13H2,1-3H3. The molecule has 2 rings (SSSR count). The summed E-state index contributed by atoms with van der Waals surface area (Å²) in [6.45, 7) is 5.18. The second kappa shape index (κ2) is 5.40. The van der Waals surface area contributed by atoms with Crippen LogP contribution >= 0.6 is 11.8 Å². The lowest BCUT2D eigenvalue weighted by Crippen LogP contribution is -2.22.